The van der Waals surface area contributed by atoms with Crippen molar-refractivity contribution in [3.63, 3.8) is 0 Å². The average Bonchev–Trinajstić information content (AvgIpc) is 2.73. The molecule has 0 bridgehead atoms. The van der Waals surface area contributed by atoms with Crippen LogP contribution in [0.3, 0.4) is 0 Å². The number of aromatic nitrogens is 2. The van der Waals surface area contributed by atoms with Crippen molar-refractivity contribution in [1.29, 1.82) is 0 Å². The highest BCUT2D eigenvalue weighted by atomic mass is 16.5. The van der Waals surface area contributed by atoms with Gasteiger partial charge in [-0.2, -0.15) is 0 Å². The minimum atomic E-state index is -0.187. The zero-order valence-corrected chi connectivity index (χ0v) is 16.4. The quantitative estimate of drug-likeness (QED) is 0.827. The Balaban J connectivity index is 1.64. The summed E-state index contributed by atoms with van der Waals surface area (Å²) in [7, 11) is 1.52. The third kappa shape index (κ3) is 4.92. The van der Waals surface area contributed by atoms with Crippen LogP contribution < -0.4 is 5.32 Å². The Labute approximate surface area is 165 Å². The van der Waals surface area contributed by atoms with Gasteiger partial charge in [0.05, 0.1) is 11.3 Å². The summed E-state index contributed by atoms with van der Waals surface area (Å²) in [5.74, 6) is 0.566. The van der Waals surface area contributed by atoms with Crippen LogP contribution in [-0.4, -0.2) is 53.5 Å². The summed E-state index contributed by atoms with van der Waals surface area (Å²) in [6, 6.07) is 9.75. The van der Waals surface area contributed by atoms with E-state index in [9.17, 15) is 9.59 Å². The molecule has 1 aromatic carbocycles. The van der Waals surface area contributed by atoms with E-state index in [4.69, 9.17) is 4.74 Å². The number of benzene rings is 1. The number of methoxy groups -OCH3 is 1. The van der Waals surface area contributed by atoms with Crippen LogP contribution in [0.5, 0.6) is 0 Å². The van der Waals surface area contributed by atoms with Gasteiger partial charge in [-0.1, -0.05) is 30.3 Å². The topological polar surface area (TPSA) is 84.4 Å². The standard InChI is InChI=1S/C21H26N4O3/c1-15-18(21(27)23-11-16-7-4-3-5-8-16)12-22-20(24-15)17-9-6-10-25(13-17)19(26)14-28-2/h3-5,7-8,12,17H,6,9-11,13-14H2,1-2H3,(H,23,27). The number of hydrogen-bond donors (Lipinski definition) is 1. The molecule has 1 N–H and O–H groups in total. The van der Waals surface area contributed by atoms with E-state index in [-0.39, 0.29) is 24.3 Å². The van der Waals surface area contributed by atoms with Gasteiger partial charge in [-0.3, -0.25) is 9.59 Å². The second-order valence-electron chi connectivity index (χ2n) is 7.01. The molecule has 2 aromatic rings. The maximum Gasteiger partial charge on any atom is 0.254 e. The van der Waals surface area contributed by atoms with Crippen molar-refractivity contribution in [3.05, 3.63) is 59.2 Å². The molecule has 0 radical (unpaired) electrons. The molecule has 7 nitrogen and oxygen atoms in total. The molecule has 1 aromatic heterocycles. The van der Waals surface area contributed by atoms with E-state index >= 15 is 0 Å². The highest BCUT2D eigenvalue weighted by Gasteiger charge is 2.27. The average molecular weight is 382 g/mol. The number of hydrogen-bond acceptors (Lipinski definition) is 5. The predicted octanol–water partition coefficient (Wildman–Crippen LogP) is 2.07. The fraction of sp³-hybridized carbons (Fsp3) is 0.429. The van der Waals surface area contributed by atoms with E-state index in [0.29, 0.717) is 30.2 Å². The number of carbonyl (C=O) groups excluding carboxylic acids is 2. The Bertz CT molecular complexity index is 826. The summed E-state index contributed by atoms with van der Waals surface area (Å²) in [5.41, 5.74) is 2.16. The Kier molecular flexibility index (Phi) is 6.71. The third-order valence-corrected chi connectivity index (χ3v) is 4.95. The first-order valence-electron chi connectivity index (χ1n) is 9.51. The number of rotatable bonds is 6. The van der Waals surface area contributed by atoms with E-state index in [2.05, 4.69) is 15.3 Å². The first-order chi connectivity index (χ1) is 13.6. The fourth-order valence-electron chi connectivity index (χ4n) is 3.41. The SMILES string of the molecule is COCC(=O)N1CCCC(c2ncc(C(=O)NCc3ccccc3)c(C)n2)C1. The molecule has 0 spiro atoms. The number of piperidine rings is 1. The van der Waals surface area contributed by atoms with Gasteiger partial charge in [0.2, 0.25) is 5.91 Å². The van der Waals surface area contributed by atoms with Crippen molar-refractivity contribution in [2.75, 3.05) is 26.8 Å². The van der Waals surface area contributed by atoms with Crippen LogP contribution in [0, 0.1) is 6.92 Å². The molecule has 2 heterocycles. The predicted molar refractivity (Wildman–Crippen MR) is 105 cm³/mol. The highest BCUT2D eigenvalue weighted by Crippen LogP contribution is 2.25. The maximum absolute atomic E-state index is 12.5. The monoisotopic (exact) mass is 382 g/mol. The van der Waals surface area contributed by atoms with E-state index in [1.165, 1.54) is 7.11 Å². The molecule has 28 heavy (non-hydrogen) atoms. The smallest absolute Gasteiger partial charge is 0.254 e. The number of aryl methyl sites for hydroxylation is 1. The summed E-state index contributed by atoms with van der Waals surface area (Å²) in [4.78, 5) is 35.4. The molecule has 1 aliphatic rings. The Morgan fingerprint density at radius 1 is 1.29 bits per heavy atom. The Morgan fingerprint density at radius 3 is 2.79 bits per heavy atom. The molecule has 7 heteroatoms. The van der Waals surface area contributed by atoms with E-state index in [1.54, 1.807) is 11.1 Å². The molecule has 148 valence electrons. The summed E-state index contributed by atoms with van der Waals surface area (Å²) < 4.78 is 4.95. The number of amides is 2. The van der Waals surface area contributed by atoms with Crippen LogP contribution in [-0.2, 0) is 16.1 Å². The highest BCUT2D eigenvalue weighted by molar-refractivity contribution is 5.94. The summed E-state index contributed by atoms with van der Waals surface area (Å²) in [6.07, 6.45) is 3.42. The third-order valence-electron chi connectivity index (χ3n) is 4.95. The van der Waals surface area contributed by atoms with E-state index < -0.39 is 0 Å². The summed E-state index contributed by atoms with van der Waals surface area (Å²) in [6.45, 7) is 3.69. The number of carbonyl (C=O) groups is 2. The molecule has 0 saturated carbocycles. The second kappa shape index (κ2) is 9.41. The van der Waals surface area contributed by atoms with Gasteiger partial charge < -0.3 is 15.0 Å². The van der Waals surface area contributed by atoms with Gasteiger partial charge >= 0.3 is 0 Å². The molecule has 1 unspecified atom stereocenters. The van der Waals surface area contributed by atoms with Crippen molar-refractivity contribution in [3.8, 4) is 0 Å². The maximum atomic E-state index is 12.5. The molecule has 1 aliphatic heterocycles. The van der Waals surface area contributed by atoms with E-state index in [1.807, 2.05) is 37.3 Å². The van der Waals surface area contributed by atoms with Crippen LogP contribution in [0.4, 0.5) is 0 Å². The van der Waals surface area contributed by atoms with Crippen molar-refractivity contribution in [2.24, 2.45) is 0 Å². The molecular weight excluding hydrogens is 356 g/mol. The van der Waals surface area contributed by atoms with Crippen LogP contribution in [0.2, 0.25) is 0 Å². The van der Waals surface area contributed by atoms with Gasteiger partial charge in [-0.15, -0.1) is 0 Å². The molecule has 3 rings (SSSR count). The molecule has 2 amide bonds. The number of ether oxygens (including phenoxy) is 1. The molecular formula is C21H26N4O3. The second-order valence-corrected chi connectivity index (χ2v) is 7.01. The fourth-order valence-corrected chi connectivity index (χ4v) is 3.41. The zero-order valence-electron chi connectivity index (χ0n) is 16.4. The van der Waals surface area contributed by atoms with Gasteiger partial charge in [-0.25, -0.2) is 9.97 Å². The van der Waals surface area contributed by atoms with Crippen molar-refractivity contribution in [1.82, 2.24) is 20.2 Å². The Hall–Kier alpha value is -2.80. The molecule has 0 aliphatic carbocycles. The Morgan fingerprint density at radius 2 is 2.07 bits per heavy atom. The van der Waals surface area contributed by atoms with Crippen molar-refractivity contribution in [2.45, 2.75) is 32.2 Å². The minimum Gasteiger partial charge on any atom is -0.375 e. The normalized spacial score (nSPS) is 16.6. The van der Waals surface area contributed by atoms with Gasteiger partial charge in [-0.05, 0) is 25.3 Å². The van der Waals surface area contributed by atoms with Crippen LogP contribution in [0.1, 0.15) is 46.2 Å². The summed E-state index contributed by atoms with van der Waals surface area (Å²) in [5, 5.41) is 2.91. The van der Waals surface area contributed by atoms with Gasteiger partial charge in [0.1, 0.15) is 12.4 Å². The lowest BCUT2D eigenvalue weighted by Crippen LogP contribution is -2.41. The van der Waals surface area contributed by atoms with Gasteiger partial charge in [0, 0.05) is 38.9 Å². The lowest BCUT2D eigenvalue weighted by Gasteiger charge is -2.32. The van der Waals surface area contributed by atoms with Crippen molar-refractivity contribution < 1.29 is 14.3 Å². The summed E-state index contributed by atoms with van der Waals surface area (Å²) >= 11 is 0. The number of likely N-dealkylation sites (tertiary alicyclic amines) is 1. The first kappa shape index (κ1) is 19.9. The number of nitrogens with one attached hydrogen (secondary N) is 1. The van der Waals surface area contributed by atoms with Crippen LogP contribution in [0.15, 0.2) is 36.5 Å². The van der Waals surface area contributed by atoms with E-state index in [0.717, 1.165) is 24.9 Å². The lowest BCUT2D eigenvalue weighted by molar-refractivity contribution is -0.136. The molecule has 1 fully saturated rings. The zero-order chi connectivity index (χ0) is 19.9. The largest absolute Gasteiger partial charge is 0.375 e. The first-order valence-corrected chi connectivity index (χ1v) is 9.51. The minimum absolute atomic E-state index is 0.0131. The lowest BCUT2D eigenvalue weighted by atomic mass is 9.97. The molecule has 1 atom stereocenters. The van der Waals surface area contributed by atoms with Crippen LogP contribution in [0.25, 0.3) is 0 Å². The van der Waals surface area contributed by atoms with Gasteiger partial charge in [0.15, 0.2) is 0 Å². The number of nitrogens with zero attached hydrogens (tertiary/aromatic N) is 3. The van der Waals surface area contributed by atoms with Crippen LogP contribution >= 0.6 is 0 Å². The molecule has 1 saturated heterocycles. The van der Waals surface area contributed by atoms with Gasteiger partial charge in [0.25, 0.3) is 5.91 Å². The van der Waals surface area contributed by atoms with Crippen molar-refractivity contribution >= 4 is 11.8 Å².